The van der Waals surface area contributed by atoms with Crippen molar-refractivity contribution in [1.29, 1.82) is 0 Å². The van der Waals surface area contributed by atoms with Gasteiger partial charge in [0, 0.05) is 22.3 Å². The topological polar surface area (TPSA) is 29.1 Å². The Bertz CT molecular complexity index is 973. The molecule has 0 spiro atoms. The number of benzene rings is 3. The Morgan fingerprint density at radius 2 is 1.14 bits per heavy atom. The van der Waals surface area contributed by atoms with Crippen LogP contribution in [0.4, 0.5) is 5.69 Å². The highest BCUT2D eigenvalue weighted by Crippen LogP contribution is 2.53. The fourth-order valence-corrected chi connectivity index (χ4v) is 5.48. The summed E-state index contributed by atoms with van der Waals surface area (Å²) in [6.45, 7) is 0. The van der Waals surface area contributed by atoms with Gasteiger partial charge in [-0.25, -0.2) is 0 Å². The maximum atomic E-state index is 13.8. The third-order valence-corrected chi connectivity index (χ3v) is 6.96. The second kappa shape index (κ2) is 9.49. The first-order valence-electron chi connectivity index (χ1n) is 8.46. The summed E-state index contributed by atoms with van der Waals surface area (Å²) >= 11 is 18.9. The van der Waals surface area contributed by atoms with E-state index in [1.807, 2.05) is 60.7 Å². The van der Waals surface area contributed by atoms with Crippen molar-refractivity contribution in [3.8, 4) is 0 Å². The molecule has 0 saturated carbocycles. The summed E-state index contributed by atoms with van der Waals surface area (Å²) in [7, 11) is -3.28. The molecule has 0 fully saturated rings. The van der Waals surface area contributed by atoms with E-state index in [1.54, 1.807) is 24.3 Å². The van der Waals surface area contributed by atoms with Crippen molar-refractivity contribution in [2.45, 2.75) is 0 Å². The molecule has 0 amide bonds. The summed E-state index contributed by atoms with van der Waals surface area (Å²) < 4.78 is 13.8. The zero-order chi connectivity index (χ0) is 20.0. The third-order valence-electron chi connectivity index (χ3n) is 3.86. The molecule has 0 aliphatic rings. The number of hydrogen-bond donors (Lipinski definition) is 1. The molecule has 0 atom stereocenters. The van der Waals surface area contributed by atoms with Crippen molar-refractivity contribution in [2.75, 3.05) is 5.09 Å². The quantitative estimate of drug-likeness (QED) is 0.383. The Kier molecular flexibility index (Phi) is 7.04. The Balaban J connectivity index is 2.02. The van der Waals surface area contributed by atoms with Crippen LogP contribution in [0.15, 0.2) is 96.6 Å². The highest BCUT2D eigenvalue weighted by atomic mass is 35.5. The molecule has 0 bridgehead atoms. The van der Waals surface area contributed by atoms with Crippen molar-refractivity contribution in [1.82, 2.24) is 0 Å². The van der Waals surface area contributed by atoms with E-state index in [0.29, 0.717) is 20.8 Å². The van der Waals surface area contributed by atoms with E-state index in [1.165, 1.54) is 11.6 Å². The fourth-order valence-electron chi connectivity index (χ4n) is 2.51. The van der Waals surface area contributed by atoms with Crippen LogP contribution < -0.4 is 5.09 Å². The molecular weight excluding hydrogens is 432 g/mol. The van der Waals surface area contributed by atoms with Crippen LogP contribution >= 0.6 is 42.1 Å². The smallest absolute Gasteiger partial charge is 0.216 e. The molecule has 0 radical (unpaired) electrons. The van der Waals surface area contributed by atoms with Crippen LogP contribution in [0.3, 0.4) is 0 Å². The molecule has 6 heteroatoms. The highest BCUT2D eigenvalue weighted by Gasteiger charge is 2.19. The van der Waals surface area contributed by atoms with E-state index < -0.39 is 7.29 Å². The number of halogens is 3. The zero-order valence-corrected chi connectivity index (χ0v) is 17.9. The number of hydrogen-bond acceptors (Lipinski definition) is 1. The second-order valence-electron chi connectivity index (χ2n) is 6.01. The zero-order valence-electron chi connectivity index (χ0n) is 14.7. The predicted octanol–water partition coefficient (Wildman–Crippen LogP) is 8.50. The van der Waals surface area contributed by atoms with Gasteiger partial charge in [0.1, 0.15) is 0 Å². The summed E-state index contributed by atoms with van der Waals surface area (Å²) in [5.74, 6) is 3.04. The first-order valence-corrected chi connectivity index (χ1v) is 11.4. The van der Waals surface area contributed by atoms with E-state index in [2.05, 4.69) is 5.09 Å². The molecule has 0 saturated heterocycles. The van der Waals surface area contributed by atoms with Gasteiger partial charge in [0.15, 0.2) is 0 Å². The van der Waals surface area contributed by atoms with Gasteiger partial charge in [-0.05, 0) is 35.4 Å². The largest absolute Gasteiger partial charge is 0.330 e. The van der Waals surface area contributed by atoms with Gasteiger partial charge in [-0.2, -0.15) is 0 Å². The van der Waals surface area contributed by atoms with Gasteiger partial charge < -0.3 is 5.09 Å². The number of anilines is 1. The molecule has 0 aliphatic carbocycles. The number of rotatable bonds is 6. The molecule has 0 aliphatic heterocycles. The minimum atomic E-state index is -3.28. The van der Waals surface area contributed by atoms with E-state index in [0.717, 1.165) is 11.1 Å². The lowest BCUT2D eigenvalue weighted by Crippen LogP contribution is -1.94. The summed E-state index contributed by atoms with van der Waals surface area (Å²) in [4.78, 5) is 0. The molecule has 142 valence electrons. The van der Waals surface area contributed by atoms with Gasteiger partial charge in [-0.15, -0.1) is 0 Å². The van der Waals surface area contributed by atoms with Crippen molar-refractivity contribution in [3.05, 3.63) is 113 Å². The van der Waals surface area contributed by atoms with Crippen LogP contribution in [0, 0.1) is 0 Å². The van der Waals surface area contributed by atoms with E-state index >= 15 is 0 Å². The SMILES string of the molecule is O=P(C=C(Cl)c1ccccc1)(C=C(Cl)c1ccccc1)Nc1ccc(Cl)cc1. The Labute approximate surface area is 179 Å². The minimum Gasteiger partial charge on any atom is -0.330 e. The maximum Gasteiger partial charge on any atom is 0.216 e. The summed E-state index contributed by atoms with van der Waals surface area (Å²) in [6.07, 6.45) is 0. The molecule has 3 rings (SSSR count). The molecule has 1 N–H and O–H groups in total. The molecule has 28 heavy (non-hydrogen) atoms. The third kappa shape index (κ3) is 5.77. The molecule has 0 heterocycles. The molecule has 0 unspecified atom stereocenters. The lowest BCUT2D eigenvalue weighted by molar-refractivity contribution is 0.589. The maximum absolute atomic E-state index is 13.8. The van der Waals surface area contributed by atoms with Crippen LogP contribution in [-0.2, 0) is 4.57 Å². The summed E-state index contributed by atoms with van der Waals surface area (Å²) in [5, 5.41) is 4.40. The van der Waals surface area contributed by atoms with Gasteiger partial charge in [-0.1, -0.05) is 95.5 Å². The van der Waals surface area contributed by atoms with E-state index in [-0.39, 0.29) is 0 Å². The van der Waals surface area contributed by atoms with Crippen molar-refractivity contribution < 1.29 is 4.57 Å². The van der Waals surface area contributed by atoms with Gasteiger partial charge in [0.25, 0.3) is 0 Å². The second-order valence-corrected chi connectivity index (χ2v) is 9.42. The average molecular weight is 449 g/mol. The number of nitrogens with one attached hydrogen (secondary N) is 1. The van der Waals surface area contributed by atoms with Crippen LogP contribution in [0.1, 0.15) is 11.1 Å². The predicted molar refractivity (Wildman–Crippen MR) is 123 cm³/mol. The van der Waals surface area contributed by atoms with Gasteiger partial charge in [0.05, 0.1) is 10.1 Å². The molecule has 2 nitrogen and oxygen atoms in total. The van der Waals surface area contributed by atoms with Crippen LogP contribution in [0.5, 0.6) is 0 Å². The van der Waals surface area contributed by atoms with Crippen LogP contribution in [-0.4, -0.2) is 0 Å². The molecular formula is C22H17Cl3NOP. The molecule has 3 aromatic carbocycles. The van der Waals surface area contributed by atoms with E-state index in [9.17, 15) is 4.57 Å². The summed E-state index contributed by atoms with van der Waals surface area (Å²) in [5.41, 5.74) is 2.19. The van der Waals surface area contributed by atoms with Crippen LogP contribution in [0.2, 0.25) is 5.02 Å². The normalized spacial score (nSPS) is 14.4. The Morgan fingerprint density at radius 3 is 1.57 bits per heavy atom. The molecule has 3 aromatic rings. The monoisotopic (exact) mass is 447 g/mol. The summed E-state index contributed by atoms with van der Waals surface area (Å²) in [6, 6.07) is 25.6. The van der Waals surface area contributed by atoms with Gasteiger partial charge >= 0.3 is 0 Å². The van der Waals surface area contributed by atoms with Gasteiger partial charge in [-0.3, -0.25) is 4.57 Å². The van der Waals surface area contributed by atoms with Crippen molar-refractivity contribution in [2.24, 2.45) is 0 Å². The first kappa shape index (κ1) is 20.8. The Morgan fingerprint density at radius 1 is 0.714 bits per heavy atom. The molecule has 0 aromatic heterocycles. The Hall–Kier alpha value is -1.96. The lowest BCUT2D eigenvalue weighted by Gasteiger charge is -2.16. The van der Waals surface area contributed by atoms with Crippen molar-refractivity contribution >= 4 is 57.8 Å². The van der Waals surface area contributed by atoms with Gasteiger partial charge in [0.2, 0.25) is 7.29 Å². The first-order chi connectivity index (χ1) is 13.5. The minimum absolute atomic E-state index is 0.374. The lowest BCUT2D eigenvalue weighted by atomic mass is 10.2. The van der Waals surface area contributed by atoms with E-state index in [4.69, 9.17) is 34.8 Å². The highest BCUT2D eigenvalue weighted by molar-refractivity contribution is 7.72. The fraction of sp³-hybridized carbons (Fsp3) is 0. The standard InChI is InChI=1S/C22H17Cl3NOP/c23-19-11-13-20(14-12-19)26-28(27,15-21(24)17-7-3-1-4-8-17)16-22(25)18-9-5-2-6-10-18/h1-16H,(H,26,27). The average Bonchev–Trinajstić information content (AvgIpc) is 2.71. The van der Waals surface area contributed by atoms with Crippen LogP contribution in [0.25, 0.3) is 10.1 Å². The van der Waals surface area contributed by atoms with Crippen molar-refractivity contribution in [3.63, 3.8) is 0 Å².